The van der Waals surface area contributed by atoms with Gasteiger partial charge in [0.1, 0.15) is 11.3 Å². The number of aryl methyl sites for hydroxylation is 2. The number of piperidine rings is 1. The standard InChI is InChI=1S/C21H22N4S.ClH/c1-13-15-8-4-5-9-18(15)26-20(13)17-12-16-19(24-17)21(23-14(2)22-16)25-10-6-3-7-11-25;/h4-5,8-9,12,24H,3,6-7,10-11H2,1-2H3;1H. The number of fused-ring (bicyclic) bond motifs is 2. The van der Waals surface area contributed by atoms with Crippen LogP contribution < -0.4 is 4.90 Å². The minimum absolute atomic E-state index is 0. The number of hydrogen-bond donors (Lipinski definition) is 1. The summed E-state index contributed by atoms with van der Waals surface area (Å²) in [6, 6.07) is 10.8. The van der Waals surface area contributed by atoms with E-state index < -0.39 is 0 Å². The normalized spacial score (nSPS) is 14.7. The van der Waals surface area contributed by atoms with Crippen molar-refractivity contribution in [2.24, 2.45) is 0 Å². The highest BCUT2D eigenvalue weighted by molar-refractivity contribution is 7.22. The molecule has 6 heteroatoms. The van der Waals surface area contributed by atoms with E-state index in [1.807, 2.05) is 18.3 Å². The second-order valence-corrected chi connectivity index (χ2v) is 8.19. The number of aromatic amines is 1. The lowest BCUT2D eigenvalue weighted by Gasteiger charge is -2.28. The Kier molecular flexibility index (Phi) is 4.82. The summed E-state index contributed by atoms with van der Waals surface area (Å²) in [5, 5.41) is 1.34. The molecular weight excluding hydrogens is 376 g/mol. The third-order valence-corrected chi connectivity index (χ3v) is 6.62. The predicted molar refractivity (Wildman–Crippen MR) is 117 cm³/mol. The van der Waals surface area contributed by atoms with E-state index in [2.05, 4.69) is 47.1 Å². The van der Waals surface area contributed by atoms with Crippen LogP contribution in [0, 0.1) is 13.8 Å². The molecule has 0 unspecified atom stereocenters. The molecule has 0 saturated carbocycles. The van der Waals surface area contributed by atoms with Crippen molar-refractivity contribution in [3.8, 4) is 10.6 Å². The fourth-order valence-electron chi connectivity index (χ4n) is 4.00. The summed E-state index contributed by atoms with van der Waals surface area (Å²) in [5.74, 6) is 1.91. The predicted octanol–water partition coefficient (Wildman–Crippen LogP) is 5.87. The Bertz CT molecular complexity index is 1110. The molecule has 0 bridgehead atoms. The molecule has 3 aromatic heterocycles. The van der Waals surface area contributed by atoms with Crippen LogP contribution in [0.2, 0.25) is 0 Å². The third kappa shape index (κ3) is 3.09. The number of rotatable bonds is 2. The molecule has 0 atom stereocenters. The van der Waals surface area contributed by atoms with Gasteiger partial charge in [0.15, 0.2) is 5.82 Å². The maximum atomic E-state index is 4.78. The van der Waals surface area contributed by atoms with Gasteiger partial charge in [-0.1, -0.05) is 18.2 Å². The lowest BCUT2D eigenvalue weighted by atomic mass is 10.1. The van der Waals surface area contributed by atoms with Gasteiger partial charge in [0, 0.05) is 17.8 Å². The first-order valence-electron chi connectivity index (χ1n) is 9.31. The van der Waals surface area contributed by atoms with Crippen molar-refractivity contribution in [2.75, 3.05) is 18.0 Å². The Morgan fingerprint density at radius 3 is 2.59 bits per heavy atom. The van der Waals surface area contributed by atoms with Crippen molar-refractivity contribution < 1.29 is 0 Å². The number of benzene rings is 1. The van der Waals surface area contributed by atoms with Gasteiger partial charge in [-0.3, -0.25) is 0 Å². The zero-order valence-electron chi connectivity index (χ0n) is 15.6. The van der Waals surface area contributed by atoms with Crippen molar-refractivity contribution >= 4 is 50.7 Å². The minimum atomic E-state index is 0. The highest BCUT2D eigenvalue weighted by Crippen LogP contribution is 2.39. The topological polar surface area (TPSA) is 44.8 Å². The molecule has 4 nitrogen and oxygen atoms in total. The van der Waals surface area contributed by atoms with E-state index in [9.17, 15) is 0 Å². The number of nitrogens with zero attached hydrogens (tertiary/aromatic N) is 3. The fraction of sp³-hybridized carbons (Fsp3) is 0.333. The molecule has 0 aliphatic carbocycles. The molecule has 5 rings (SSSR count). The number of halogens is 1. The van der Waals surface area contributed by atoms with Gasteiger partial charge in [0.2, 0.25) is 0 Å². The van der Waals surface area contributed by atoms with Gasteiger partial charge in [0.25, 0.3) is 0 Å². The fourth-order valence-corrected chi connectivity index (χ4v) is 5.18. The molecule has 4 aromatic rings. The largest absolute Gasteiger partial charge is 0.355 e. The lowest BCUT2D eigenvalue weighted by molar-refractivity contribution is 0.574. The van der Waals surface area contributed by atoms with E-state index in [-0.39, 0.29) is 12.4 Å². The summed E-state index contributed by atoms with van der Waals surface area (Å²) in [5.41, 5.74) is 4.58. The van der Waals surface area contributed by atoms with Crippen molar-refractivity contribution in [1.82, 2.24) is 15.0 Å². The zero-order chi connectivity index (χ0) is 17.7. The molecule has 1 aliphatic rings. The van der Waals surface area contributed by atoms with Crippen molar-refractivity contribution in [1.29, 1.82) is 0 Å². The van der Waals surface area contributed by atoms with E-state index in [4.69, 9.17) is 9.97 Å². The van der Waals surface area contributed by atoms with E-state index in [0.717, 1.165) is 41.5 Å². The van der Waals surface area contributed by atoms with Crippen LogP contribution in [0.5, 0.6) is 0 Å². The Hall–Kier alpha value is -2.11. The van der Waals surface area contributed by atoms with Gasteiger partial charge >= 0.3 is 0 Å². The number of anilines is 1. The maximum absolute atomic E-state index is 4.78. The summed E-state index contributed by atoms with van der Waals surface area (Å²) in [7, 11) is 0. The average Bonchev–Trinajstić information content (AvgIpc) is 3.23. The van der Waals surface area contributed by atoms with E-state index >= 15 is 0 Å². The second-order valence-electron chi connectivity index (χ2n) is 7.14. The minimum Gasteiger partial charge on any atom is -0.355 e. The highest BCUT2D eigenvalue weighted by Gasteiger charge is 2.20. The Labute approximate surface area is 169 Å². The van der Waals surface area contributed by atoms with E-state index in [0.29, 0.717) is 0 Å². The summed E-state index contributed by atoms with van der Waals surface area (Å²) in [6.45, 7) is 6.37. The van der Waals surface area contributed by atoms with Crippen LogP contribution in [0.3, 0.4) is 0 Å². The van der Waals surface area contributed by atoms with Crippen LogP contribution in [-0.2, 0) is 0 Å². The van der Waals surface area contributed by atoms with E-state index in [1.165, 1.54) is 39.8 Å². The van der Waals surface area contributed by atoms with Gasteiger partial charge in [0.05, 0.1) is 16.1 Å². The monoisotopic (exact) mass is 398 g/mol. The molecule has 1 aromatic carbocycles. The number of nitrogens with one attached hydrogen (secondary N) is 1. The quantitative estimate of drug-likeness (QED) is 0.459. The van der Waals surface area contributed by atoms with Crippen LogP contribution in [0.4, 0.5) is 5.82 Å². The number of thiophene rings is 1. The van der Waals surface area contributed by atoms with Crippen molar-refractivity contribution in [3.05, 3.63) is 41.7 Å². The lowest BCUT2D eigenvalue weighted by Crippen LogP contribution is -2.30. The van der Waals surface area contributed by atoms with Crippen LogP contribution >= 0.6 is 23.7 Å². The molecule has 0 spiro atoms. The first-order valence-corrected chi connectivity index (χ1v) is 10.1. The summed E-state index contributed by atoms with van der Waals surface area (Å²) in [4.78, 5) is 16.8. The molecule has 4 heterocycles. The molecule has 1 saturated heterocycles. The molecule has 1 aliphatic heterocycles. The SMILES string of the molecule is Cc1nc(N2CCCCC2)c2[nH]c(-c3sc4ccccc4c3C)cc2n1.Cl. The summed E-state index contributed by atoms with van der Waals surface area (Å²) < 4.78 is 1.33. The van der Waals surface area contributed by atoms with Crippen molar-refractivity contribution in [3.63, 3.8) is 0 Å². The van der Waals surface area contributed by atoms with Crippen LogP contribution in [0.15, 0.2) is 30.3 Å². The second kappa shape index (κ2) is 7.13. The first-order chi connectivity index (χ1) is 12.7. The van der Waals surface area contributed by atoms with Crippen LogP contribution in [0.1, 0.15) is 30.7 Å². The van der Waals surface area contributed by atoms with Crippen LogP contribution in [-0.4, -0.2) is 28.0 Å². The van der Waals surface area contributed by atoms with Gasteiger partial charge in [-0.2, -0.15) is 0 Å². The molecular formula is C21H23ClN4S. The zero-order valence-corrected chi connectivity index (χ0v) is 17.2. The number of H-pyrrole nitrogens is 1. The number of aromatic nitrogens is 3. The molecule has 0 amide bonds. The Balaban J connectivity index is 0.00000180. The third-order valence-electron chi connectivity index (χ3n) is 5.31. The summed E-state index contributed by atoms with van der Waals surface area (Å²) >= 11 is 1.84. The van der Waals surface area contributed by atoms with Gasteiger partial charge in [-0.05, 0) is 56.2 Å². The van der Waals surface area contributed by atoms with Crippen LogP contribution in [0.25, 0.3) is 31.7 Å². The maximum Gasteiger partial charge on any atom is 0.156 e. The Morgan fingerprint density at radius 1 is 1.04 bits per heavy atom. The van der Waals surface area contributed by atoms with Gasteiger partial charge in [-0.15, -0.1) is 23.7 Å². The molecule has 140 valence electrons. The highest BCUT2D eigenvalue weighted by atomic mass is 35.5. The summed E-state index contributed by atoms with van der Waals surface area (Å²) in [6.07, 6.45) is 3.81. The van der Waals surface area contributed by atoms with Gasteiger partial charge < -0.3 is 9.88 Å². The van der Waals surface area contributed by atoms with Crippen molar-refractivity contribution in [2.45, 2.75) is 33.1 Å². The molecule has 1 N–H and O–H groups in total. The smallest absolute Gasteiger partial charge is 0.156 e. The molecule has 1 fully saturated rings. The van der Waals surface area contributed by atoms with E-state index in [1.54, 1.807) is 0 Å². The van der Waals surface area contributed by atoms with Gasteiger partial charge in [-0.25, -0.2) is 9.97 Å². The average molecular weight is 399 g/mol. The number of hydrogen-bond acceptors (Lipinski definition) is 4. The Morgan fingerprint density at radius 2 is 1.81 bits per heavy atom. The molecule has 27 heavy (non-hydrogen) atoms. The first kappa shape index (κ1) is 18.3. The molecule has 0 radical (unpaired) electrons.